The number of hydrogen-bond acceptors (Lipinski definition) is 4. The zero-order chi connectivity index (χ0) is 22.2. The zero-order valence-corrected chi connectivity index (χ0v) is 17.9. The quantitative estimate of drug-likeness (QED) is 0.666. The van der Waals surface area contributed by atoms with Crippen molar-refractivity contribution >= 4 is 29.2 Å². The highest BCUT2D eigenvalue weighted by Gasteiger charge is 2.24. The van der Waals surface area contributed by atoms with E-state index in [1.807, 2.05) is 18.2 Å². The molecule has 0 aliphatic carbocycles. The molecule has 1 aliphatic rings. The monoisotopic (exact) mass is 423 g/mol. The Balaban J connectivity index is 1.42. The Morgan fingerprint density at radius 2 is 1.45 bits per heavy atom. The minimum absolute atomic E-state index is 0.158. The molecule has 1 atom stereocenters. The van der Waals surface area contributed by atoms with Gasteiger partial charge in [-0.25, -0.2) is 4.79 Å². The third-order valence-electron chi connectivity index (χ3n) is 5.11. The molecule has 0 aromatic heterocycles. The minimum atomic E-state index is -0.676. The van der Waals surface area contributed by atoms with Crippen LogP contribution in [0.25, 0.3) is 0 Å². The van der Waals surface area contributed by atoms with E-state index in [-0.39, 0.29) is 17.8 Å². The molecule has 164 valence electrons. The number of rotatable bonds is 6. The van der Waals surface area contributed by atoms with Crippen molar-refractivity contribution in [2.75, 3.05) is 36.8 Å². The molecule has 2 aromatic rings. The molecule has 31 heavy (non-hydrogen) atoms. The van der Waals surface area contributed by atoms with Crippen molar-refractivity contribution in [2.45, 2.75) is 26.4 Å². The van der Waals surface area contributed by atoms with Crippen LogP contribution in [0.2, 0.25) is 0 Å². The van der Waals surface area contributed by atoms with E-state index in [0.29, 0.717) is 24.5 Å². The smallest absolute Gasteiger partial charge is 0.318 e. The summed E-state index contributed by atoms with van der Waals surface area (Å²) >= 11 is 0. The molecule has 1 saturated heterocycles. The van der Waals surface area contributed by atoms with Crippen LogP contribution in [0.4, 0.5) is 16.2 Å². The van der Waals surface area contributed by atoms with Crippen LogP contribution in [0.5, 0.6) is 0 Å². The molecule has 0 spiro atoms. The summed E-state index contributed by atoms with van der Waals surface area (Å²) in [6.45, 7) is 6.80. The average molecular weight is 424 g/mol. The molecule has 8 nitrogen and oxygen atoms in total. The number of anilines is 2. The van der Waals surface area contributed by atoms with Crippen molar-refractivity contribution < 1.29 is 14.4 Å². The molecule has 0 radical (unpaired) electrons. The summed E-state index contributed by atoms with van der Waals surface area (Å²) in [6, 6.07) is 16.2. The molecular formula is C23H29N5O3. The second-order valence-corrected chi connectivity index (χ2v) is 7.67. The summed E-state index contributed by atoms with van der Waals surface area (Å²) in [5.74, 6) is -0.461. The topological polar surface area (TPSA) is 93.8 Å². The molecule has 1 heterocycles. The van der Waals surface area contributed by atoms with E-state index in [1.165, 1.54) is 12.5 Å². The second-order valence-electron chi connectivity index (χ2n) is 7.67. The molecule has 1 unspecified atom stereocenters. The Morgan fingerprint density at radius 3 is 2.03 bits per heavy atom. The maximum Gasteiger partial charge on any atom is 0.318 e. The van der Waals surface area contributed by atoms with Crippen LogP contribution in [0.15, 0.2) is 54.6 Å². The molecule has 1 aliphatic heterocycles. The lowest BCUT2D eigenvalue weighted by atomic mass is 10.2. The first kappa shape index (κ1) is 22.3. The van der Waals surface area contributed by atoms with Gasteiger partial charge in [0.2, 0.25) is 11.8 Å². The Hall–Kier alpha value is -3.39. The van der Waals surface area contributed by atoms with E-state index in [1.54, 1.807) is 36.1 Å². The summed E-state index contributed by atoms with van der Waals surface area (Å²) in [5, 5.41) is 8.21. The first-order valence-corrected chi connectivity index (χ1v) is 10.4. The van der Waals surface area contributed by atoms with E-state index in [4.69, 9.17) is 0 Å². The third kappa shape index (κ3) is 6.82. The van der Waals surface area contributed by atoms with E-state index >= 15 is 0 Å². The number of piperazine rings is 1. The number of amides is 4. The lowest BCUT2D eigenvalue weighted by molar-refractivity contribution is -0.117. The molecule has 4 amide bonds. The van der Waals surface area contributed by atoms with E-state index in [0.717, 1.165) is 19.6 Å². The van der Waals surface area contributed by atoms with E-state index < -0.39 is 6.04 Å². The van der Waals surface area contributed by atoms with Gasteiger partial charge in [-0.1, -0.05) is 30.3 Å². The van der Waals surface area contributed by atoms with Gasteiger partial charge in [-0.15, -0.1) is 0 Å². The van der Waals surface area contributed by atoms with Crippen LogP contribution >= 0.6 is 0 Å². The van der Waals surface area contributed by atoms with Gasteiger partial charge in [0.1, 0.15) is 6.04 Å². The van der Waals surface area contributed by atoms with Gasteiger partial charge in [0.25, 0.3) is 0 Å². The number of carbonyl (C=O) groups excluding carboxylic acids is 3. The Bertz CT molecular complexity index is 893. The first-order chi connectivity index (χ1) is 14.9. The van der Waals surface area contributed by atoms with Crippen molar-refractivity contribution in [3.63, 3.8) is 0 Å². The summed E-state index contributed by atoms with van der Waals surface area (Å²) in [4.78, 5) is 40.1. The van der Waals surface area contributed by atoms with Crippen LogP contribution in [0, 0.1) is 0 Å². The van der Waals surface area contributed by atoms with E-state index in [2.05, 4.69) is 33.0 Å². The van der Waals surface area contributed by atoms with Crippen LogP contribution in [0.3, 0.4) is 0 Å². The highest BCUT2D eigenvalue weighted by Crippen LogP contribution is 2.14. The molecule has 0 bridgehead atoms. The van der Waals surface area contributed by atoms with Gasteiger partial charge in [0.15, 0.2) is 0 Å². The highest BCUT2D eigenvalue weighted by molar-refractivity contribution is 5.97. The van der Waals surface area contributed by atoms with Crippen molar-refractivity contribution in [3.8, 4) is 0 Å². The lowest BCUT2D eigenvalue weighted by Gasteiger charge is -2.35. The molecule has 2 aromatic carbocycles. The van der Waals surface area contributed by atoms with Crippen LogP contribution < -0.4 is 16.0 Å². The number of nitrogens with zero attached hydrogens (tertiary/aromatic N) is 2. The molecule has 0 saturated carbocycles. The molecule has 1 fully saturated rings. The summed E-state index contributed by atoms with van der Waals surface area (Å²) < 4.78 is 0. The maximum atomic E-state index is 12.6. The highest BCUT2D eigenvalue weighted by atomic mass is 16.2. The summed E-state index contributed by atoms with van der Waals surface area (Å²) in [7, 11) is 0. The van der Waals surface area contributed by atoms with Crippen molar-refractivity contribution in [1.29, 1.82) is 0 Å². The summed E-state index contributed by atoms with van der Waals surface area (Å²) in [5.41, 5.74) is 2.50. The van der Waals surface area contributed by atoms with E-state index in [9.17, 15) is 14.4 Å². The summed E-state index contributed by atoms with van der Waals surface area (Å²) in [6.07, 6.45) is 0. The van der Waals surface area contributed by atoms with Gasteiger partial charge in [0, 0.05) is 51.0 Å². The number of nitrogens with one attached hydrogen (secondary N) is 3. The SMILES string of the molecule is CC(=O)Nc1ccc(NC(=O)C(C)NC(=O)N2CCN(Cc3ccccc3)CC2)cc1. The normalized spacial score (nSPS) is 15.1. The van der Waals surface area contributed by atoms with Gasteiger partial charge in [0.05, 0.1) is 0 Å². The van der Waals surface area contributed by atoms with Crippen molar-refractivity contribution in [1.82, 2.24) is 15.1 Å². The van der Waals surface area contributed by atoms with Crippen LogP contribution in [-0.4, -0.2) is 59.9 Å². The van der Waals surface area contributed by atoms with Gasteiger partial charge in [-0.3, -0.25) is 14.5 Å². The van der Waals surface area contributed by atoms with Gasteiger partial charge in [-0.2, -0.15) is 0 Å². The van der Waals surface area contributed by atoms with Crippen molar-refractivity contribution in [3.05, 3.63) is 60.2 Å². The maximum absolute atomic E-state index is 12.6. The zero-order valence-electron chi connectivity index (χ0n) is 17.9. The molecular weight excluding hydrogens is 394 g/mol. The fourth-order valence-corrected chi connectivity index (χ4v) is 3.38. The fourth-order valence-electron chi connectivity index (χ4n) is 3.38. The third-order valence-corrected chi connectivity index (χ3v) is 5.11. The fraction of sp³-hybridized carbons (Fsp3) is 0.348. The van der Waals surface area contributed by atoms with Crippen LogP contribution in [-0.2, 0) is 16.1 Å². The second kappa shape index (κ2) is 10.6. The number of urea groups is 1. The van der Waals surface area contributed by atoms with Crippen molar-refractivity contribution in [2.24, 2.45) is 0 Å². The molecule has 3 rings (SSSR count). The van der Waals surface area contributed by atoms with Gasteiger partial charge in [-0.05, 0) is 36.8 Å². The minimum Gasteiger partial charge on any atom is -0.326 e. The Morgan fingerprint density at radius 1 is 0.871 bits per heavy atom. The van der Waals surface area contributed by atoms with Crippen LogP contribution in [0.1, 0.15) is 19.4 Å². The Kier molecular flexibility index (Phi) is 7.61. The number of benzene rings is 2. The predicted molar refractivity (Wildman–Crippen MR) is 121 cm³/mol. The molecule has 3 N–H and O–H groups in total. The standard InChI is InChI=1S/C23H29N5O3/c1-17(22(30)26-21-10-8-20(9-11-21)25-18(2)29)24-23(31)28-14-12-27(13-15-28)16-19-6-4-3-5-7-19/h3-11,17H,12-16H2,1-2H3,(H,24,31)(H,25,29)(H,26,30). The average Bonchev–Trinajstić information content (AvgIpc) is 2.76. The lowest BCUT2D eigenvalue weighted by Crippen LogP contribution is -2.54. The van der Waals surface area contributed by atoms with Gasteiger partial charge < -0.3 is 20.9 Å². The largest absolute Gasteiger partial charge is 0.326 e. The first-order valence-electron chi connectivity index (χ1n) is 10.4. The number of hydrogen-bond donors (Lipinski definition) is 3. The Labute approximate surface area is 182 Å². The number of carbonyl (C=O) groups is 3. The predicted octanol–water partition coefficient (Wildman–Crippen LogP) is 2.50. The van der Waals surface area contributed by atoms with Gasteiger partial charge >= 0.3 is 6.03 Å². The molecule has 8 heteroatoms.